The van der Waals surface area contributed by atoms with Gasteiger partial charge in [0.1, 0.15) is 16.7 Å². The summed E-state index contributed by atoms with van der Waals surface area (Å²) >= 11 is 5.72. The Balaban J connectivity index is 1.50. The highest BCUT2D eigenvalue weighted by Crippen LogP contribution is 2.22. The van der Waals surface area contributed by atoms with Crippen molar-refractivity contribution in [3.63, 3.8) is 0 Å². The third-order valence-electron chi connectivity index (χ3n) is 3.33. The minimum atomic E-state index is -0.299. The lowest BCUT2D eigenvalue weighted by atomic mass is 10.3. The van der Waals surface area contributed by atoms with Crippen LogP contribution < -0.4 is 15.4 Å². The van der Waals surface area contributed by atoms with Gasteiger partial charge in [0.25, 0.3) is 0 Å². The molecule has 6 heteroatoms. The number of ether oxygens (including phenoxy) is 1. The molecule has 0 saturated heterocycles. The topological polar surface area (TPSA) is 63.2 Å². The maximum absolute atomic E-state index is 11.9. The summed E-state index contributed by atoms with van der Waals surface area (Å²) in [5, 5.41) is 5.94. The molecule has 126 valence electrons. The first-order valence-corrected chi connectivity index (χ1v) is 8.05. The minimum Gasteiger partial charge on any atom is -0.457 e. The van der Waals surface area contributed by atoms with Gasteiger partial charge in [-0.1, -0.05) is 35.9 Å². The Morgan fingerprint density at radius 2 is 1.68 bits per heavy atom. The fraction of sp³-hybridized carbons (Fsp3) is 0.0526. The lowest BCUT2D eigenvalue weighted by Gasteiger charge is -2.09. The summed E-state index contributed by atoms with van der Waals surface area (Å²) in [6, 6.07) is 19.9. The lowest BCUT2D eigenvalue weighted by Crippen LogP contribution is -2.28. The third-order valence-corrected chi connectivity index (χ3v) is 3.56. The number of nitrogens with zero attached hydrogens (tertiary/aromatic N) is 1. The van der Waals surface area contributed by atoms with E-state index in [1.165, 1.54) is 0 Å². The number of nitrogens with one attached hydrogen (secondary N) is 2. The van der Waals surface area contributed by atoms with Gasteiger partial charge in [-0.3, -0.25) is 0 Å². The van der Waals surface area contributed by atoms with Crippen LogP contribution in [0, 0.1) is 0 Å². The SMILES string of the molecule is O=C(NCc1ccc(Cl)nc1)Nc1ccc(Oc2ccccc2)cc1. The summed E-state index contributed by atoms with van der Waals surface area (Å²) in [5.74, 6) is 1.46. The van der Waals surface area contributed by atoms with Crippen molar-refractivity contribution < 1.29 is 9.53 Å². The van der Waals surface area contributed by atoms with Gasteiger partial charge in [-0.25, -0.2) is 9.78 Å². The first-order chi connectivity index (χ1) is 12.2. The van der Waals surface area contributed by atoms with E-state index in [4.69, 9.17) is 16.3 Å². The van der Waals surface area contributed by atoms with E-state index in [1.807, 2.05) is 36.4 Å². The number of amides is 2. The minimum absolute atomic E-state index is 0.299. The molecule has 1 aromatic heterocycles. The molecule has 1 heterocycles. The Morgan fingerprint density at radius 1 is 0.960 bits per heavy atom. The van der Waals surface area contributed by atoms with Crippen LogP contribution in [0.25, 0.3) is 0 Å². The molecule has 25 heavy (non-hydrogen) atoms. The summed E-state index contributed by atoms with van der Waals surface area (Å²) in [6.07, 6.45) is 1.62. The standard InChI is InChI=1S/C19H16ClN3O2/c20-18-11-6-14(12-21-18)13-22-19(24)23-15-7-9-17(10-8-15)25-16-4-2-1-3-5-16/h1-12H,13H2,(H2,22,23,24). The lowest BCUT2D eigenvalue weighted by molar-refractivity contribution is 0.251. The van der Waals surface area contributed by atoms with Crippen molar-refractivity contribution in [2.75, 3.05) is 5.32 Å². The van der Waals surface area contributed by atoms with Gasteiger partial charge in [-0.05, 0) is 48.0 Å². The van der Waals surface area contributed by atoms with Crippen LogP contribution in [0.4, 0.5) is 10.5 Å². The molecule has 0 unspecified atom stereocenters. The first-order valence-electron chi connectivity index (χ1n) is 7.67. The molecule has 0 bridgehead atoms. The van der Waals surface area contributed by atoms with E-state index in [9.17, 15) is 4.79 Å². The number of anilines is 1. The number of benzene rings is 2. The van der Waals surface area contributed by atoms with Crippen molar-refractivity contribution in [1.82, 2.24) is 10.3 Å². The maximum Gasteiger partial charge on any atom is 0.319 e. The Labute approximate surface area is 150 Å². The van der Waals surface area contributed by atoms with Gasteiger partial charge in [-0.15, -0.1) is 0 Å². The Morgan fingerprint density at radius 3 is 2.36 bits per heavy atom. The number of carbonyl (C=O) groups excluding carboxylic acids is 1. The summed E-state index contributed by atoms with van der Waals surface area (Å²) in [7, 11) is 0. The number of halogens is 1. The number of hydrogen-bond acceptors (Lipinski definition) is 3. The highest BCUT2D eigenvalue weighted by molar-refractivity contribution is 6.29. The second kappa shape index (κ2) is 8.17. The van der Waals surface area contributed by atoms with E-state index in [0.717, 1.165) is 11.3 Å². The van der Waals surface area contributed by atoms with Crippen LogP contribution in [0.2, 0.25) is 5.15 Å². The van der Waals surface area contributed by atoms with Gasteiger partial charge in [0.2, 0.25) is 0 Å². The summed E-state index contributed by atoms with van der Waals surface area (Å²) < 4.78 is 5.71. The first kappa shape index (κ1) is 16.8. The van der Waals surface area contributed by atoms with Crippen LogP contribution in [0.15, 0.2) is 72.9 Å². The third kappa shape index (κ3) is 5.22. The fourth-order valence-electron chi connectivity index (χ4n) is 2.10. The second-order valence-corrected chi connectivity index (χ2v) is 5.62. The zero-order valence-electron chi connectivity index (χ0n) is 13.3. The van der Waals surface area contributed by atoms with Crippen LogP contribution in [-0.2, 0) is 6.54 Å². The van der Waals surface area contributed by atoms with Crippen molar-refractivity contribution >= 4 is 23.3 Å². The highest BCUT2D eigenvalue weighted by atomic mass is 35.5. The van der Waals surface area contributed by atoms with Gasteiger partial charge in [0.15, 0.2) is 0 Å². The highest BCUT2D eigenvalue weighted by Gasteiger charge is 2.03. The Hall–Kier alpha value is -3.05. The molecule has 0 saturated carbocycles. The zero-order chi connectivity index (χ0) is 17.5. The predicted octanol–water partition coefficient (Wildman–Crippen LogP) is 4.85. The van der Waals surface area contributed by atoms with Crippen molar-refractivity contribution in [3.05, 3.63) is 83.6 Å². The van der Waals surface area contributed by atoms with Crippen LogP contribution >= 0.6 is 11.6 Å². The maximum atomic E-state index is 11.9. The van der Waals surface area contributed by atoms with Gasteiger partial charge >= 0.3 is 6.03 Å². The molecular formula is C19H16ClN3O2. The fourth-order valence-corrected chi connectivity index (χ4v) is 2.21. The molecule has 3 aromatic rings. The molecule has 0 aliphatic carbocycles. The number of hydrogen-bond donors (Lipinski definition) is 2. The van der Waals surface area contributed by atoms with Crippen molar-refractivity contribution in [1.29, 1.82) is 0 Å². The molecule has 0 spiro atoms. The van der Waals surface area contributed by atoms with E-state index in [-0.39, 0.29) is 6.03 Å². The number of carbonyl (C=O) groups is 1. The largest absolute Gasteiger partial charge is 0.457 e. The molecule has 3 rings (SSSR count). The molecule has 0 radical (unpaired) electrons. The summed E-state index contributed by atoms with van der Waals surface area (Å²) in [5.41, 5.74) is 1.54. The van der Waals surface area contributed by atoms with Crippen LogP contribution in [0.3, 0.4) is 0 Å². The van der Waals surface area contributed by atoms with Gasteiger partial charge in [0, 0.05) is 18.4 Å². The average molecular weight is 354 g/mol. The molecule has 0 aliphatic rings. The predicted molar refractivity (Wildman–Crippen MR) is 98.1 cm³/mol. The molecule has 0 fully saturated rings. The van der Waals surface area contributed by atoms with Crippen LogP contribution in [0.5, 0.6) is 11.5 Å². The Bertz CT molecular complexity index is 822. The van der Waals surface area contributed by atoms with E-state index in [1.54, 1.807) is 36.5 Å². The quantitative estimate of drug-likeness (QED) is 0.644. The van der Waals surface area contributed by atoms with E-state index in [0.29, 0.717) is 23.1 Å². The molecule has 0 atom stereocenters. The average Bonchev–Trinajstić information content (AvgIpc) is 2.64. The van der Waals surface area contributed by atoms with Crippen molar-refractivity contribution in [2.45, 2.75) is 6.54 Å². The van der Waals surface area contributed by atoms with Gasteiger partial charge in [0.05, 0.1) is 0 Å². The molecule has 0 aliphatic heterocycles. The van der Waals surface area contributed by atoms with Gasteiger partial charge < -0.3 is 15.4 Å². The number of aromatic nitrogens is 1. The summed E-state index contributed by atoms with van der Waals surface area (Å²) in [6.45, 7) is 0.366. The molecular weight excluding hydrogens is 338 g/mol. The summed E-state index contributed by atoms with van der Waals surface area (Å²) in [4.78, 5) is 15.9. The van der Waals surface area contributed by atoms with E-state index < -0.39 is 0 Å². The zero-order valence-corrected chi connectivity index (χ0v) is 14.0. The molecule has 2 N–H and O–H groups in total. The van der Waals surface area contributed by atoms with Crippen LogP contribution in [-0.4, -0.2) is 11.0 Å². The number of para-hydroxylation sites is 1. The van der Waals surface area contributed by atoms with E-state index in [2.05, 4.69) is 15.6 Å². The monoisotopic (exact) mass is 353 g/mol. The normalized spacial score (nSPS) is 10.1. The number of urea groups is 1. The molecule has 2 amide bonds. The molecule has 5 nitrogen and oxygen atoms in total. The number of rotatable bonds is 5. The number of pyridine rings is 1. The second-order valence-electron chi connectivity index (χ2n) is 5.24. The van der Waals surface area contributed by atoms with Crippen LogP contribution in [0.1, 0.15) is 5.56 Å². The van der Waals surface area contributed by atoms with E-state index >= 15 is 0 Å². The smallest absolute Gasteiger partial charge is 0.319 e. The van der Waals surface area contributed by atoms with Crippen molar-refractivity contribution in [2.24, 2.45) is 0 Å². The van der Waals surface area contributed by atoms with Gasteiger partial charge in [-0.2, -0.15) is 0 Å². The Kier molecular flexibility index (Phi) is 5.49. The molecule has 2 aromatic carbocycles. The van der Waals surface area contributed by atoms with Crippen molar-refractivity contribution in [3.8, 4) is 11.5 Å².